The Kier molecular flexibility index (Phi) is 59.4. The van der Waals surface area contributed by atoms with Gasteiger partial charge in [0.25, 0.3) is 0 Å². The molecule has 12 nitrogen and oxygen atoms in total. The molecular weight excluding hydrogens is 472 g/mol. The van der Waals surface area contributed by atoms with Crippen LogP contribution in [0, 0.1) is 0 Å². The van der Waals surface area contributed by atoms with Crippen molar-refractivity contribution in [3.8, 4) is 0 Å². The molecule has 98 valence electrons. The van der Waals surface area contributed by atoms with E-state index >= 15 is 0 Å². The SMILES string of the molecule is O=C([O-])O.O=C([O-])O.O=C([O-])O.O=C([O-])O.[Bi+3].[Na+]. The Morgan fingerprint density at radius 2 is 0.556 bits per heavy atom. The summed E-state index contributed by atoms with van der Waals surface area (Å²) in [5, 5.41) is 61.2. The van der Waals surface area contributed by atoms with Gasteiger partial charge in [-0.05, 0) is 0 Å². The first-order valence-corrected chi connectivity index (χ1v) is 2.53. The van der Waals surface area contributed by atoms with Gasteiger partial charge in [-0.2, -0.15) is 0 Å². The zero-order valence-corrected chi connectivity index (χ0v) is 14.0. The van der Waals surface area contributed by atoms with E-state index in [-0.39, 0.29) is 55.8 Å². The van der Waals surface area contributed by atoms with Gasteiger partial charge >= 0.3 is 55.8 Å². The Bertz CT molecular complexity index is 164. The van der Waals surface area contributed by atoms with Crippen LogP contribution in [-0.2, 0) is 0 Å². The molecule has 0 saturated heterocycles. The molecule has 14 heteroatoms. The van der Waals surface area contributed by atoms with Crippen molar-refractivity contribution in [3.05, 3.63) is 0 Å². The smallest absolute Gasteiger partial charge is 0.565 e. The molecule has 0 unspecified atom stereocenters. The number of rotatable bonds is 0. The van der Waals surface area contributed by atoms with E-state index in [1.807, 2.05) is 0 Å². The van der Waals surface area contributed by atoms with E-state index in [9.17, 15) is 0 Å². The van der Waals surface area contributed by atoms with E-state index in [0.29, 0.717) is 0 Å². The average molecular weight is 476 g/mol. The van der Waals surface area contributed by atoms with E-state index < -0.39 is 24.6 Å². The summed E-state index contributed by atoms with van der Waals surface area (Å²) in [5.74, 6) is 0. The summed E-state index contributed by atoms with van der Waals surface area (Å²) >= 11 is 0. The van der Waals surface area contributed by atoms with Crippen LogP contribution in [0.15, 0.2) is 0 Å². The topological polar surface area (TPSA) is 241 Å². The van der Waals surface area contributed by atoms with Crippen molar-refractivity contribution >= 4 is 50.8 Å². The maximum Gasteiger partial charge on any atom is 3.00 e. The largest absolute Gasteiger partial charge is 3.00 e. The Hall–Kier alpha value is -1.04. The molecule has 0 aliphatic carbocycles. The first-order valence-electron chi connectivity index (χ1n) is 2.53. The molecule has 0 aromatic heterocycles. The Morgan fingerprint density at radius 1 is 0.556 bits per heavy atom. The first kappa shape index (κ1) is 36.0. The molecule has 2 radical (unpaired) electrons. The molecule has 0 bridgehead atoms. The van der Waals surface area contributed by atoms with Gasteiger partial charge in [0, 0.05) is 0 Å². The van der Waals surface area contributed by atoms with Gasteiger partial charge < -0.3 is 60.0 Å². The molecule has 0 heterocycles. The van der Waals surface area contributed by atoms with E-state index in [2.05, 4.69) is 0 Å². The van der Waals surface area contributed by atoms with Crippen molar-refractivity contribution in [2.24, 2.45) is 0 Å². The number of hydrogen-bond acceptors (Lipinski definition) is 8. The van der Waals surface area contributed by atoms with E-state index in [4.69, 9.17) is 60.0 Å². The molecule has 0 aliphatic heterocycles. The Balaban J connectivity index is -0.0000000257. The van der Waals surface area contributed by atoms with Crippen LogP contribution < -0.4 is 50.0 Å². The van der Waals surface area contributed by atoms with Crippen molar-refractivity contribution in [2.45, 2.75) is 0 Å². The summed E-state index contributed by atoms with van der Waals surface area (Å²) in [7, 11) is 0. The molecule has 0 spiro atoms. The van der Waals surface area contributed by atoms with Crippen molar-refractivity contribution in [1.82, 2.24) is 0 Å². The Morgan fingerprint density at radius 3 is 0.556 bits per heavy atom. The number of carboxylic acid groups (broad SMARTS) is 8. The van der Waals surface area contributed by atoms with Gasteiger partial charge in [0.2, 0.25) is 24.6 Å². The van der Waals surface area contributed by atoms with Crippen LogP contribution in [0.3, 0.4) is 0 Å². The predicted molar refractivity (Wildman–Crippen MR) is 37.9 cm³/mol. The number of hydrogen-bond donors (Lipinski definition) is 4. The van der Waals surface area contributed by atoms with Gasteiger partial charge in [-0.25, -0.2) is 0 Å². The molecule has 4 N–H and O–H groups in total. The average Bonchev–Trinajstić information content (AvgIpc) is 1.76. The maximum absolute atomic E-state index is 8.44. The fourth-order valence-electron chi connectivity index (χ4n) is 0. The summed E-state index contributed by atoms with van der Waals surface area (Å²) in [5.41, 5.74) is 0. The molecule has 0 fully saturated rings. The van der Waals surface area contributed by atoms with Gasteiger partial charge in [0.05, 0.1) is 0 Å². The minimum atomic E-state index is -2.08. The van der Waals surface area contributed by atoms with E-state index in [1.54, 1.807) is 0 Å². The molecule has 0 saturated carbocycles. The van der Waals surface area contributed by atoms with Gasteiger partial charge in [0.15, 0.2) is 0 Å². The molecule has 0 aromatic rings. The summed E-state index contributed by atoms with van der Waals surface area (Å²) in [6, 6.07) is 0. The van der Waals surface area contributed by atoms with Crippen LogP contribution in [0.25, 0.3) is 0 Å². The summed E-state index contributed by atoms with van der Waals surface area (Å²) in [6.45, 7) is 0. The van der Waals surface area contributed by atoms with Crippen LogP contribution in [0.2, 0.25) is 0 Å². The maximum atomic E-state index is 8.44. The van der Waals surface area contributed by atoms with Gasteiger partial charge in [-0.15, -0.1) is 0 Å². The number of carbonyl (C=O) groups is 4. The zero-order valence-electron chi connectivity index (χ0n) is 8.50. The van der Waals surface area contributed by atoms with Crippen molar-refractivity contribution in [3.63, 3.8) is 0 Å². The fourth-order valence-corrected chi connectivity index (χ4v) is 0. The van der Waals surface area contributed by atoms with Crippen LogP contribution in [0.4, 0.5) is 19.2 Å². The second kappa shape index (κ2) is 29.7. The van der Waals surface area contributed by atoms with Crippen LogP contribution in [0.5, 0.6) is 0 Å². The predicted octanol–water partition coefficient (Wildman–Crippen LogP) is -7.83. The fraction of sp³-hybridized carbons (Fsp3) is 0. The van der Waals surface area contributed by atoms with Gasteiger partial charge in [-0.3, -0.25) is 0 Å². The molecule has 0 rings (SSSR count). The molecule has 0 aromatic carbocycles. The summed E-state index contributed by atoms with van der Waals surface area (Å²) < 4.78 is 0. The van der Waals surface area contributed by atoms with Gasteiger partial charge in [-0.1, -0.05) is 0 Å². The van der Waals surface area contributed by atoms with Crippen LogP contribution >= 0.6 is 0 Å². The quantitative estimate of drug-likeness (QED) is 0.238. The second-order valence-electron chi connectivity index (χ2n) is 1.06. The third-order valence-corrected chi connectivity index (χ3v) is 0. The molecule has 18 heavy (non-hydrogen) atoms. The van der Waals surface area contributed by atoms with Crippen LogP contribution in [0.1, 0.15) is 0 Å². The van der Waals surface area contributed by atoms with Gasteiger partial charge in [0.1, 0.15) is 0 Å². The minimum Gasteiger partial charge on any atom is -0.565 e. The molecular formula is C4H4BiNaO12. The molecule has 0 amide bonds. The monoisotopic (exact) mass is 476 g/mol. The zero-order chi connectivity index (χ0) is 14.3. The van der Waals surface area contributed by atoms with Crippen LogP contribution in [-0.4, -0.2) is 71.3 Å². The van der Waals surface area contributed by atoms with Crippen molar-refractivity contribution in [2.75, 3.05) is 0 Å². The van der Waals surface area contributed by atoms with Crippen molar-refractivity contribution < 1.29 is 89.6 Å². The molecule has 0 atom stereocenters. The van der Waals surface area contributed by atoms with Crippen molar-refractivity contribution in [1.29, 1.82) is 0 Å². The third-order valence-electron chi connectivity index (χ3n) is 0. The normalized spacial score (nSPS) is 5.33. The van der Waals surface area contributed by atoms with E-state index in [1.165, 1.54) is 0 Å². The standard InChI is InChI=1S/4CH2O3.Bi.Na/c4*2-1(3)4;;/h4*(H2,2,3,4);;/q;;;;+3;+1/p-4. The second-order valence-corrected chi connectivity index (χ2v) is 1.06. The third kappa shape index (κ3) is 2710. The Labute approximate surface area is 140 Å². The van der Waals surface area contributed by atoms with E-state index in [0.717, 1.165) is 0 Å². The summed E-state index contributed by atoms with van der Waals surface area (Å²) in [6.07, 6.45) is -8.33. The summed E-state index contributed by atoms with van der Waals surface area (Å²) in [4.78, 5) is 33.8. The first-order chi connectivity index (χ1) is 6.93. The molecule has 0 aliphatic rings. The minimum absolute atomic E-state index is 0.